The van der Waals surface area contributed by atoms with Crippen molar-refractivity contribution in [2.24, 2.45) is 0 Å². The number of aryl methyl sites for hydroxylation is 2. The minimum Gasteiger partial charge on any atom is -0.496 e. The maximum atomic E-state index is 12.4. The molecule has 5 nitrogen and oxygen atoms in total. The van der Waals surface area contributed by atoms with Crippen LogP contribution >= 0.6 is 0 Å². The number of carbonyl (C=O) groups is 1. The minimum absolute atomic E-state index is 0.195. The first-order valence-electron chi connectivity index (χ1n) is 7.21. The number of methoxy groups -OCH3 is 2. The fourth-order valence-electron chi connectivity index (χ4n) is 2.52. The monoisotopic (exact) mass is 302 g/mol. The summed E-state index contributed by atoms with van der Waals surface area (Å²) >= 11 is 0. The van der Waals surface area contributed by atoms with Gasteiger partial charge >= 0.3 is 0 Å². The summed E-state index contributed by atoms with van der Waals surface area (Å²) in [5.41, 5.74) is 3.91. The third-order valence-corrected chi connectivity index (χ3v) is 3.59. The summed E-state index contributed by atoms with van der Waals surface area (Å²) in [6.07, 6.45) is 0.777. The van der Waals surface area contributed by atoms with Gasteiger partial charge in [-0.15, -0.1) is 0 Å². The Hall–Kier alpha value is -2.43. The number of ether oxygens (including phenoxy) is 2. The predicted molar refractivity (Wildman–Crippen MR) is 85.8 cm³/mol. The molecule has 0 aliphatic rings. The van der Waals surface area contributed by atoms with Gasteiger partial charge in [-0.2, -0.15) is 0 Å². The largest absolute Gasteiger partial charge is 0.496 e. The van der Waals surface area contributed by atoms with Gasteiger partial charge in [0, 0.05) is 17.9 Å². The second-order valence-electron chi connectivity index (χ2n) is 5.15. The zero-order valence-corrected chi connectivity index (χ0v) is 13.4. The topological polar surface area (TPSA) is 63.4 Å². The lowest BCUT2D eigenvalue weighted by Gasteiger charge is -2.13. The molecule has 0 atom stereocenters. The van der Waals surface area contributed by atoms with Crippen molar-refractivity contribution in [2.75, 3.05) is 20.8 Å². The molecule has 0 saturated carbocycles. The van der Waals surface area contributed by atoms with E-state index in [0.717, 1.165) is 17.8 Å². The van der Waals surface area contributed by atoms with E-state index in [0.29, 0.717) is 23.6 Å². The Bertz CT molecular complexity index is 640. The molecule has 1 aromatic heterocycles. The molecule has 0 bridgehead atoms. The van der Waals surface area contributed by atoms with E-state index in [2.05, 4.69) is 16.4 Å². The van der Waals surface area contributed by atoms with E-state index < -0.39 is 0 Å². The van der Waals surface area contributed by atoms with Crippen LogP contribution in [0, 0.1) is 13.8 Å². The highest BCUT2D eigenvalue weighted by molar-refractivity contribution is 5.99. The average Bonchev–Trinajstić information content (AvgIpc) is 2.84. The van der Waals surface area contributed by atoms with Gasteiger partial charge in [0.1, 0.15) is 17.1 Å². The molecule has 2 rings (SSSR count). The zero-order valence-electron chi connectivity index (χ0n) is 13.4. The third kappa shape index (κ3) is 3.42. The van der Waals surface area contributed by atoms with E-state index in [1.165, 1.54) is 19.8 Å². The van der Waals surface area contributed by atoms with Crippen LogP contribution in [0.25, 0.3) is 0 Å². The molecular weight excluding hydrogens is 280 g/mol. The number of hydrogen-bond donors (Lipinski definition) is 2. The molecule has 0 aliphatic heterocycles. The first-order valence-corrected chi connectivity index (χ1v) is 7.21. The Morgan fingerprint density at radius 3 is 2.32 bits per heavy atom. The lowest BCUT2D eigenvalue weighted by atomic mass is 10.1. The molecular formula is C17H22N2O3. The Balaban J connectivity index is 2.05. The quantitative estimate of drug-likeness (QED) is 0.862. The van der Waals surface area contributed by atoms with E-state index in [4.69, 9.17) is 9.47 Å². The lowest BCUT2D eigenvalue weighted by molar-refractivity contribution is 0.0948. The van der Waals surface area contributed by atoms with Gasteiger partial charge in [0.05, 0.1) is 14.2 Å². The van der Waals surface area contributed by atoms with Crippen LogP contribution in [-0.4, -0.2) is 31.7 Å². The highest BCUT2D eigenvalue weighted by Crippen LogP contribution is 2.27. The van der Waals surface area contributed by atoms with Crippen LogP contribution in [0.2, 0.25) is 0 Å². The van der Waals surface area contributed by atoms with E-state index in [1.807, 2.05) is 13.8 Å². The lowest BCUT2D eigenvalue weighted by Crippen LogP contribution is -2.26. The smallest absolute Gasteiger partial charge is 0.258 e. The molecule has 22 heavy (non-hydrogen) atoms. The molecule has 0 unspecified atom stereocenters. The van der Waals surface area contributed by atoms with Crippen LogP contribution in [0.1, 0.15) is 27.3 Å². The Morgan fingerprint density at radius 2 is 1.82 bits per heavy atom. The van der Waals surface area contributed by atoms with Gasteiger partial charge < -0.3 is 19.8 Å². The predicted octanol–water partition coefficient (Wildman–Crippen LogP) is 2.62. The van der Waals surface area contributed by atoms with Crippen molar-refractivity contribution in [1.29, 1.82) is 0 Å². The molecule has 0 saturated heterocycles. The van der Waals surface area contributed by atoms with Gasteiger partial charge in [0.25, 0.3) is 5.91 Å². The number of carbonyl (C=O) groups excluding carboxylic acids is 1. The van der Waals surface area contributed by atoms with E-state index >= 15 is 0 Å². The summed E-state index contributed by atoms with van der Waals surface area (Å²) in [5, 5.41) is 2.92. The average molecular weight is 302 g/mol. The van der Waals surface area contributed by atoms with E-state index in [1.54, 1.807) is 18.2 Å². The van der Waals surface area contributed by atoms with Crippen molar-refractivity contribution in [3.63, 3.8) is 0 Å². The summed E-state index contributed by atoms with van der Waals surface area (Å²) < 4.78 is 10.5. The molecule has 1 aromatic carbocycles. The molecule has 118 valence electrons. The molecule has 0 aliphatic carbocycles. The van der Waals surface area contributed by atoms with Crippen LogP contribution in [0.5, 0.6) is 11.5 Å². The molecule has 5 heteroatoms. The summed E-state index contributed by atoms with van der Waals surface area (Å²) in [7, 11) is 3.08. The van der Waals surface area contributed by atoms with E-state index in [-0.39, 0.29) is 5.91 Å². The normalized spacial score (nSPS) is 10.4. The van der Waals surface area contributed by atoms with Crippen molar-refractivity contribution >= 4 is 5.91 Å². The Morgan fingerprint density at radius 1 is 1.18 bits per heavy atom. The summed E-state index contributed by atoms with van der Waals surface area (Å²) in [4.78, 5) is 15.7. The van der Waals surface area contributed by atoms with Crippen molar-refractivity contribution in [3.05, 3.63) is 46.8 Å². The number of aromatic nitrogens is 1. The number of rotatable bonds is 6. The highest BCUT2D eigenvalue weighted by atomic mass is 16.5. The van der Waals surface area contributed by atoms with Crippen molar-refractivity contribution < 1.29 is 14.3 Å². The number of H-pyrrole nitrogens is 1. The second kappa shape index (κ2) is 7.02. The van der Waals surface area contributed by atoms with Crippen LogP contribution < -0.4 is 14.8 Å². The second-order valence-corrected chi connectivity index (χ2v) is 5.15. The summed E-state index contributed by atoms with van der Waals surface area (Å²) in [6, 6.07) is 7.39. The molecule has 2 N–H and O–H groups in total. The molecule has 0 fully saturated rings. The fraction of sp³-hybridized carbons (Fsp3) is 0.353. The number of benzene rings is 1. The summed E-state index contributed by atoms with van der Waals surface area (Å²) in [5.74, 6) is 0.815. The van der Waals surface area contributed by atoms with Crippen LogP contribution in [0.4, 0.5) is 0 Å². The van der Waals surface area contributed by atoms with Gasteiger partial charge in [-0.1, -0.05) is 6.07 Å². The highest BCUT2D eigenvalue weighted by Gasteiger charge is 2.17. The third-order valence-electron chi connectivity index (χ3n) is 3.59. The number of hydrogen-bond acceptors (Lipinski definition) is 3. The number of aromatic amines is 1. The fourth-order valence-corrected chi connectivity index (χ4v) is 2.52. The van der Waals surface area contributed by atoms with Gasteiger partial charge in [0.2, 0.25) is 0 Å². The van der Waals surface area contributed by atoms with Crippen molar-refractivity contribution in [2.45, 2.75) is 20.3 Å². The first-order chi connectivity index (χ1) is 10.6. The maximum absolute atomic E-state index is 12.4. The standard InChI is InChI=1S/C17H22N2O3/c1-11-10-13(12(2)19-11)8-9-18-17(20)16-14(21-3)6-5-7-15(16)22-4/h5-7,10,19H,8-9H2,1-4H3,(H,18,20). The molecule has 0 spiro atoms. The van der Waals surface area contributed by atoms with Crippen LogP contribution in [0.15, 0.2) is 24.3 Å². The number of amides is 1. The molecule has 1 heterocycles. The molecule has 0 radical (unpaired) electrons. The number of nitrogens with one attached hydrogen (secondary N) is 2. The van der Waals surface area contributed by atoms with Crippen molar-refractivity contribution in [1.82, 2.24) is 10.3 Å². The van der Waals surface area contributed by atoms with Crippen LogP contribution in [-0.2, 0) is 6.42 Å². The Kier molecular flexibility index (Phi) is 5.09. The van der Waals surface area contributed by atoms with Crippen molar-refractivity contribution in [3.8, 4) is 11.5 Å². The van der Waals surface area contributed by atoms with E-state index in [9.17, 15) is 4.79 Å². The zero-order chi connectivity index (χ0) is 16.1. The maximum Gasteiger partial charge on any atom is 0.258 e. The molecule has 1 amide bonds. The minimum atomic E-state index is -0.195. The Labute approximate surface area is 130 Å². The van der Waals surface area contributed by atoms with Gasteiger partial charge in [-0.25, -0.2) is 0 Å². The summed E-state index contributed by atoms with van der Waals surface area (Å²) in [6.45, 7) is 4.61. The van der Waals surface area contributed by atoms with Gasteiger partial charge in [-0.05, 0) is 44.0 Å². The van der Waals surface area contributed by atoms with Crippen LogP contribution in [0.3, 0.4) is 0 Å². The first kappa shape index (κ1) is 15.9. The van der Waals surface area contributed by atoms with Gasteiger partial charge in [-0.3, -0.25) is 4.79 Å². The SMILES string of the molecule is COc1cccc(OC)c1C(=O)NCCc1cc(C)[nH]c1C. The molecule has 2 aromatic rings. The van der Waals surface area contributed by atoms with Gasteiger partial charge in [0.15, 0.2) is 0 Å².